The van der Waals surface area contributed by atoms with Crippen molar-refractivity contribution < 1.29 is 23.9 Å². The van der Waals surface area contributed by atoms with Crippen LogP contribution in [0.1, 0.15) is 5.56 Å². The van der Waals surface area contributed by atoms with Crippen molar-refractivity contribution >= 4 is 28.7 Å². The molecule has 0 unspecified atom stereocenters. The lowest BCUT2D eigenvalue weighted by Gasteiger charge is -2.02. The van der Waals surface area contributed by atoms with Crippen LogP contribution in [0, 0.1) is 10.1 Å². The molecule has 0 aliphatic carbocycles. The molecule has 1 aliphatic rings. The molecule has 9 nitrogen and oxygen atoms in total. The highest BCUT2D eigenvalue weighted by atomic mass is 16.7. The highest BCUT2D eigenvalue weighted by Gasteiger charge is 2.22. The highest BCUT2D eigenvalue weighted by Crippen LogP contribution is 2.38. The van der Waals surface area contributed by atoms with Gasteiger partial charge in [-0.3, -0.25) is 15.1 Å². The van der Waals surface area contributed by atoms with E-state index in [0.717, 1.165) is 0 Å². The van der Waals surface area contributed by atoms with E-state index in [9.17, 15) is 15.2 Å². The fourth-order valence-electron chi connectivity index (χ4n) is 3.12. The molecule has 30 heavy (non-hydrogen) atoms. The summed E-state index contributed by atoms with van der Waals surface area (Å²) in [4.78, 5) is 19.4. The number of hydrogen-bond donors (Lipinski definition) is 1. The third kappa shape index (κ3) is 3.08. The number of benzene rings is 3. The van der Waals surface area contributed by atoms with E-state index >= 15 is 0 Å². The quantitative estimate of drug-likeness (QED) is 0.301. The number of aromatic hydroxyl groups is 1. The van der Waals surface area contributed by atoms with Crippen LogP contribution in [0.4, 0.5) is 11.4 Å². The van der Waals surface area contributed by atoms with Crippen molar-refractivity contribution in [3.05, 3.63) is 70.3 Å². The van der Waals surface area contributed by atoms with Gasteiger partial charge in [0.25, 0.3) is 5.69 Å². The number of hydrogen-bond acceptors (Lipinski definition) is 8. The standard InChI is InChI=1S/C21H13N3O6/c25-17-8-13(5-6-14(17)21-23-15-3-1-2-4-18(15)30-21)22-10-12-7-19-20(29-11-28-19)9-16(12)24(26)27/h1-10,25H,11H2. The topological polar surface area (TPSA) is 120 Å². The van der Waals surface area contributed by atoms with Crippen LogP contribution >= 0.6 is 0 Å². The Morgan fingerprint density at radius 3 is 2.67 bits per heavy atom. The minimum atomic E-state index is -0.517. The molecule has 0 saturated carbocycles. The van der Waals surface area contributed by atoms with Gasteiger partial charge in [0.1, 0.15) is 11.3 Å². The van der Waals surface area contributed by atoms with Gasteiger partial charge < -0.3 is 19.0 Å². The molecule has 0 radical (unpaired) electrons. The number of nitro benzene ring substituents is 1. The van der Waals surface area contributed by atoms with Gasteiger partial charge in [-0.2, -0.15) is 0 Å². The van der Waals surface area contributed by atoms with E-state index < -0.39 is 4.92 Å². The minimum absolute atomic E-state index is 0.0121. The number of phenols is 1. The molecule has 0 atom stereocenters. The van der Waals surface area contributed by atoms with Crippen molar-refractivity contribution in [1.29, 1.82) is 0 Å². The second-order valence-electron chi connectivity index (χ2n) is 6.47. The van der Waals surface area contributed by atoms with Crippen molar-refractivity contribution in [3.8, 4) is 28.7 Å². The zero-order chi connectivity index (χ0) is 20.7. The second kappa shape index (κ2) is 6.89. The molecule has 0 saturated heterocycles. The summed E-state index contributed by atoms with van der Waals surface area (Å²) < 4.78 is 16.1. The second-order valence-corrected chi connectivity index (χ2v) is 6.47. The summed E-state index contributed by atoms with van der Waals surface area (Å²) >= 11 is 0. The molecule has 0 fully saturated rings. The highest BCUT2D eigenvalue weighted by molar-refractivity contribution is 5.89. The molecule has 1 aliphatic heterocycles. The first kappa shape index (κ1) is 17.7. The molecule has 0 spiro atoms. The number of nitro groups is 1. The van der Waals surface area contributed by atoms with Gasteiger partial charge in [-0.25, -0.2) is 4.98 Å². The number of nitrogens with zero attached hydrogens (tertiary/aromatic N) is 3. The van der Waals surface area contributed by atoms with E-state index in [1.54, 1.807) is 18.2 Å². The first-order valence-corrected chi connectivity index (χ1v) is 8.89. The number of rotatable bonds is 4. The van der Waals surface area contributed by atoms with E-state index in [1.165, 1.54) is 24.4 Å². The fourth-order valence-corrected chi connectivity index (χ4v) is 3.12. The SMILES string of the molecule is O=[N+]([O-])c1cc2c(cc1C=Nc1ccc(-c3nc4ccccc4o3)c(O)c1)OCO2. The summed E-state index contributed by atoms with van der Waals surface area (Å²) in [6, 6.07) is 14.8. The first-order valence-electron chi connectivity index (χ1n) is 8.89. The van der Waals surface area contributed by atoms with E-state index in [1.807, 2.05) is 18.2 Å². The molecular formula is C21H13N3O6. The van der Waals surface area contributed by atoms with Gasteiger partial charge in [-0.05, 0) is 30.3 Å². The molecule has 1 aromatic heterocycles. The predicted octanol–water partition coefficient (Wildman–Crippen LogP) is 4.59. The largest absolute Gasteiger partial charge is 0.507 e. The van der Waals surface area contributed by atoms with Crippen LogP contribution in [-0.2, 0) is 0 Å². The van der Waals surface area contributed by atoms with Crippen LogP contribution in [0.25, 0.3) is 22.6 Å². The van der Waals surface area contributed by atoms with Crippen molar-refractivity contribution in [2.24, 2.45) is 4.99 Å². The number of para-hydroxylation sites is 2. The van der Waals surface area contributed by atoms with Crippen LogP contribution in [0.3, 0.4) is 0 Å². The van der Waals surface area contributed by atoms with Gasteiger partial charge in [-0.15, -0.1) is 0 Å². The Kier molecular flexibility index (Phi) is 4.06. The smallest absolute Gasteiger partial charge is 0.282 e. The lowest BCUT2D eigenvalue weighted by atomic mass is 10.1. The van der Waals surface area contributed by atoms with Crippen molar-refractivity contribution in [1.82, 2.24) is 4.98 Å². The maximum absolute atomic E-state index is 11.4. The Hall–Kier alpha value is -4.40. The summed E-state index contributed by atoms with van der Waals surface area (Å²) in [5.74, 6) is 0.947. The fraction of sp³-hybridized carbons (Fsp3) is 0.0476. The molecular weight excluding hydrogens is 390 g/mol. The molecule has 4 aromatic rings. The normalized spacial score (nSPS) is 12.7. The van der Waals surface area contributed by atoms with Crippen molar-refractivity contribution in [3.63, 3.8) is 0 Å². The Morgan fingerprint density at radius 2 is 1.90 bits per heavy atom. The molecule has 148 valence electrons. The van der Waals surface area contributed by atoms with Gasteiger partial charge in [0, 0.05) is 12.3 Å². The van der Waals surface area contributed by atoms with Crippen LogP contribution < -0.4 is 9.47 Å². The van der Waals surface area contributed by atoms with Crippen molar-refractivity contribution in [2.45, 2.75) is 0 Å². The Labute approximate surface area is 169 Å². The van der Waals surface area contributed by atoms with Gasteiger partial charge >= 0.3 is 0 Å². The minimum Gasteiger partial charge on any atom is -0.507 e. The van der Waals surface area contributed by atoms with Gasteiger partial charge in [0.2, 0.25) is 12.7 Å². The third-order valence-corrected chi connectivity index (χ3v) is 4.58. The summed E-state index contributed by atoms with van der Waals surface area (Å²) in [6.45, 7) is 0.0121. The van der Waals surface area contributed by atoms with E-state index in [0.29, 0.717) is 33.8 Å². The molecule has 0 bridgehead atoms. The molecule has 3 aromatic carbocycles. The summed E-state index contributed by atoms with van der Waals surface area (Å²) in [5.41, 5.74) is 2.22. The van der Waals surface area contributed by atoms with E-state index in [2.05, 4.69) is 9.98 Å². The lowest BCUT2D eigenvalue weighted by molar-refractivity contribution is -0.385. The average Bonchev–Trinajstić information content (AvgIpc) is 3.37. The lowest BCUT2D eigenvalue weighted by Crippen LogP contribution is -1.94. The van der Waals surface area contributed by atoms with E-state index in [-0.39, 0.29) is 29.7 Å². The molecule has 1 N–H and O–H groups in total. The predicted molar refractivity (Wildman–Crippen MR) is 108 cm³/mol. The number of aromatic nitrogens is 1. The summed E-state index contributed by atoms with van der Waals surface area (Å²) in [5, 5.41) is 21.8. The van der Waals surface area contributed by atoms with Crippen LogP contribution in [0.2, 0.25) is 0 Å². The Balaban J connectivity index is 1.47. The van der Waals surface area contributed by atoms with Gasteiger partial charge in [0.05, 0.1) is 27.8 Å². The number of ether oxygens (including phenoxy) is 2. The summed E-state index contributed by atoms with van der Waals surface area (Å²) in [6.07, 6.45) is 1.34. The van der Waals surface area contributed by atoms with Crippen molar-refractivity contribution in [2.75, 3.05) is 6.79 Å². The maximum Gasteiger partial charge on any atom is 0.282 e. The number of oxazole rings is 1. The molecule has 2 heterocycles. The van der Waals surface area contributed by atoms with Crippen LogP contribution in [0.15, 0.2) is 64.0 Å². The summed E-state index contributed by atoms with van der Waals surface area (Å²) in [7, 11) is 0. The maximum atomic E-state index is 11.4. The Morgan fingerprint density at radius 1 is 1.10 bits per heavy atom. The number of phenolic OH excluding ortho intramolecular Hbond substituents is 1. The van der Waals surface area contributed by atoms with Crippen LogP contribution in [-0.4, -0.2) is 28.0 Å². The van der Waals surface area contributed by atoms with Gasteiger partial charge in [-0.1, -0.05) is 12.1 Å². The average molecular weight is 403 g/mol. The van der Waals surface area contributed by atoms with Gasteiger partial charge in [0.15, 0.2) is 17.1 Å². The Bertz CT molecular complexity index is 1290. The molecule has 5 rings (SSSR count). The third-order valence-electron chi connectivity index (χ3n) is 4.58. The first-order chi connectivity index (χ1) is 14.6. The molecule has 9 heteroatoms. The number of fused-ring (bicyclic) bond motifs is 2. The van der Waals surface area contributed by atoms with Crippen LogP contribution in [0.5, 0.6) is 17.2 Å². The number of aliphatic imine (C=N–C) groups is 1. The zero-order valence-electron chi connectivity index (χ0n) is 15.3. The van der Waals surface area contributed by atoms with E-state index in [4.69, 9.17) is 13.9 Å². The monoisotopic (exact) mass is 403 g/mol. The molecule has 0 amide bonds. The zero-order valence-corrected chi connectivity index (χ0v) is 15.3.